The van der Waals surface area contributed by atoms with Crippen LogP contribution >= 0.6 is 11.3 Å². The minimum absolute atomic E-state index is 0.788. The van der Waals surface area contributed by atoms with E-state index >= 15 is 0 Å². The highest BCUT2D eigenvalue weighted by molar-refractivity contribution is 7.10. The molecule has 1 aromatic rings. The fourth-order valence-electron chi connectivity index (χ4n) is 2.09. The molecule has 2 rings (SSSR count). The van der Waals surface area contributed by atoms with Crippen molar-refractivity contribution < 1.29 is 0 Å². The van der Waals surface area contributed by atoms with Gasteiger partial charge in [-0.05, 0) is 49.2 Å². The van der Waals surface area contributed by atoms with Gasteiger partial charge in [-0.25, -0.2) is 0 Å². The number of rotatable bonds is 3. The van der Waals surface area contributed by atoms with Crippen molar-refractivity contribution in [3.8, 4) is 0 Å². The van der Waals surface area contributed by atoms with Gasteiger partial charge in [0.15, 0.2) is 0 Å². The van der Waals surface area contributed by atoms with Gasteiger partial charge in [-0.3, -0.25) is 0 Å². The molecule has 1 saturated carbocycles. The van der Waals surface area contributed by atoms with Crippen LogP contribution in [0.1, 0.15) is 36.1 Å². The van der Waals surface area contributed by atoms with E-state index in [2.05, 4.69) is 30.6 Å². The lowest BCUT2D eigenvalue weighted by molar-refractivity contribution is 0.298. The summed E-state index contributed by atoms with van der Waals surface area (Å²) in [6, 6.07) is 3.03. The van der Waals surface area contributed by atoms with Crippen LogP contribution in [0.15, 0.2) is 11.4 Å². The van der Waals surface area contributed by atoms with Gasteiger partial charge in [-0.2, -0.15) is 0 Å². The fourth-order valence-corrected chi connectivity index (χ4v) is 3.15. The van der Waals surface area contributed by atoms with Crippen LogP contribution in [0, 0.1) is 6.92 Å². The van der Waals surface area contributed by atoms with Crippen molar-refractivity contribution in [2.75, 3.05) is 6.54 Å². The summed E-state index contributed by atoms with van der Waals surface area (Å²) in [7, 11) is 0. The van der Waals surface area contributed by atoms with Crippen LogP contribution in [0.4, 0.5) is 0 Å². The van der Waals surface area contributed by atoms with Gasteiger partial charge < -0.3 is 5.32 Å². The number of thiophene rings is 1. The monoisotopic (exact) mass is 195 g/mol. The van der Waals surface area contributed by atoms with Crippen molar-refractivity contribution in [2.45, 2.75) is 38.6 Å². The van der Waals surface area contributed by atoms with Gasteiger partial charge in [0.25, 0.3) is 0 Å². The van der Waals surface area contributed by atoms with E-state index in [0.29, 0.717) is 0 Å². The molecule has 0 bridgehead atoms. The first-order chi connectivity index (χ1) is 6.31. The molecule has 0 atom stereocenters. The molecule has 1 N–H and O–H groups in total. The quantitative estimate of drug-likeness (QED) is 0.782. The van der Waals surface area contributed by atoms with E-state index in [4.69, 9.17) is 0 Å². The van der Waals surface area contributed by atoms with Crippen LogP contribution in [0.2, 0.25) is 0 Å². The zero-order valence-electron chi connectivity index (χ0n) is 8.34. The maximum absolute atomic E-state index is 3.50. The van der Waals surface area contributed by atoms with Crippen LogP contribution in [0.5, 0.6) is 0 Å². The minimum Gasteiger partial charge on any atom is -0.314 e. The summed E-state index contributed by atoms with van der Waals surface area (Å²) in [5.74, 6) is 0.851. The largest absolute Gasteiger partial charge is 0.314 e. The van der Waals surface area contributed by atoms with Crippen LogP contribution < -0.4 is 5.32 Å². The van der Waals surface area contributed by atoms with Crippen LogP contribution in [0.25, 0.3) is 0 Å². The Kier molecular flexibility index (Phi) is 2.70. The molecule has 0 amide bonds. The Bertz CT molecular complexity index is 273. The average molecular weight is 195 g/mol. The zero-order valence-corrected chi connectivity index (χ0v) is 9.16. The summed E-state index contributed by atoms with van der Waals surface area (Å²) in [6.07, 6.45) is 2.68. The minimum atomic E-state index is 0.788. The molecular formula is C11H17NS. The SMILES string of the molecule is CCNC1CC(c2sccc2C)C1. The molecule has 0 unspecified atom stereocenters. The van der Waals surface area contributed by atoms with Gasteiger partial charge in [0, 0.05) is 10.9 Å². The summed E-state index contributed by atoms with van der Waals surface area (Å²) in [5, 5.41) is 5.71. The highest BCUT2D eigenvalue weighted by Gasteiger charge is 2.30. The predicted molar refractivity (Wildman–Crippen MR) is 58.5 cm³/mol. The van der Waals surface area contributed by atoms with Gasteiger partial charge in [0.05, 0.1) is 0 Å². The molecule has 1 heterocycles. The molecule has 2 heteroatoms. The standard InChI is InChI=1S/C11H17NS/c1-3-12-10-6-9(7-10)11-8(2)4-5-13-11/h4-5,9-10,12H,3,6-7H2,1-2H3. The molecule has 1 aliphatic carbocycles. The molecule has 1 aliphatic rings. The number of nitrogens with one attached hydrogen (secondary N) is 1. The highest BCUT2D eigenvalue weighted by Crippen LogP contribution is 2.40. The van der Waals surface area contributed by atoms with Gasteiger partial charge in [-0.15, -0.1) is 11.3 Å². The number of aryl methyl sites for hydroxylation is 1. The van der Waals surface area contributed by atoms with E-state index in [-0.39, 0.29) is 0 Å². The Morgan fingerprint density at radius 2 is 2.31 bits per heavy atom. The second-order valence-corrected chi connectivity index (χ2v) is 4.84. The van der Waals surface area contributed by atoms with E-state index in [1.54, 1.807) is 4.88 Å². The van der Waals surface area contributed by atoms with E-state index < -0.39 is 0 Å². The maximum Gasteiger partial charge on any atom is 0.0106 e. The third-order valence-corrected chi connectivity index (χ3v) is 4.08. The van der Waals surface area contributed by atoms with E-state index in [1.165, 1.54) is 18.4 Å². The Balaban J connectivity index is 1.90. The molecule has 1 aromatic heterocycles. The van der Waals surface area contributed by atoms with Crippen molar-refractivity contribution in [1.82, 2.24) is 5.32 Å². The lowest BCUT2D eigenvalue weighted by Crippen LogP contribution is -2.39. The molecule has 0 aromatic carbocycles. The topological polar surface area (TPSA) is 12.0 Å². The van der Waals surface area contributed by atoms with Gasteiger partial charge >= 0.3 is 0 Å². The van der Waals surface area contributed by atoms with Crippen molar-refractivity contribution in [1.29, 1.82) is 0 Å². The van der Waals surface area contributed by atoms with Crippen molar-refractivity contribution in [3.63, 3.8) is 0 Å². The van der Waals surface area contributed by atoms with Gasteiger partial charge in [-0.1, -0.05) is 6.92 Å². The first kappa shape index (κ1) is 9.22. The Labute approximate surface area is 84.2 Å². The highest BCUT2D eigenvalue weighted by atomic mass is 32.1. The summed E-state index contributed by atoms with van der Waals surface area (Å²) >= 11 is 1.93. The Hall–Kier alpha value is -0.340. The Morgan fingerprint density at radius 1 is 1.54 bits per heavy atom. The van der Waals surface area contributed by atoms with Crippen LogP contribution in [0.3, 0.4) is 0 Å². The van der Waals surface area contributed by atoms with Gasteiger partial charge in [0.2, 0.25) is 0 Å². The summed E-state index contributed by atoms with van der Waals surface area (Å²) < 4.78 is 0. The third kappa shape index (κ3) is 1.79. The molecular weight excluding hydrogens is 178 g/mol. The maximum atomic E-state index is 3.50. The number of hydrogen-bond donors (Lipinski definition) is 1. The third-order valence-electron chi connectivity index (χ3n) is 2.90. The summed E-state index contributed by atoms with van der Waals surface area (Å²) in [6.45, 7) is 5.52. The molecule has 1 fully saturated rings. The van der Waals surface area contributed by atoms with Crippen LogP contribution in [-0.2, 0) is 0 Å². The van der Waals surface area contributed by atoms with E-state index in [9.17, 15) is 0 Å². The van der Waals surface area contributed by atoms with Crippen molar-refractivity contribution in [2.24, 2.45) is 0 Å². The van der Waals surface area contributed by atoms with Crippen molar-refractivity contribution in [3.05, 3.63) is 21.9 Å². The normalized spacial score (nSPS) is 27.2. The zero-order chi connectivity index (χ0) is 9.26. The Morgan fingerprint density at radius 3 is 2.85 bits per heavy atom. The van der Waals surface area contributed by atoms with Gasteiger partial charge in [0.1, 0.15) is 0 Å². The molecule has 0 spiro atoms. The second-order valence-electron chi connectivity index (χ2n) is 3.89. The van der Waals surface area contributed by atoms with Crippen molar-refractivity contribution >= 4 is 11.3 Å². The lowest BCUT2D eigenvalue weighted by atomic mass is 9.78. The average Bonchev–Trinajstić information content (AvgIpc) is 2.43. The summed E-state index contributed by atoms with van der Waals surface area (Å²) in [5.41, 5.74) is 1.49. The second kappa shape index (κ2) is 3.81. The molecule has 0 radical (unpaired) electrons. The first-order valence-corrected chi connectivity index (χ1v) is 5.96. The molecule has 0 saturated heterocycles. The molecule has 13 heavy (non-hydrogen) atoms. The molecule has 1 nitrogen and oxygen atoms in total. The molecule has 0 aliphatic heterocycles. The number of hydrogen-bond acceptors (Lipinski definition) is 2. The van der Waals surface area contributed by atoms with E-state index in [1.807, 2.05) is 11.3 Å². The smallest absolute Gasteiger partial charge is 0.0106 e. The molecule has 72 valence electrons. The first-order valence-electron chi connectivity index (χ1n) is 5.08. The summed E-state index contributed by atoms with van der Waals surface area (Å²) in [4.78, 5) is 1.62. The lowest BCUT2D eigenvalue weighted by Gasteiger charge is -2.35. The van der Waals surface area contributed by atoms with Crippen LogP contribution in [-0.4, -0.2) is 12.6 Å². The van der Waals surface area contributed by atoms with E-state index in [0.717, 1.165) is 18.5 Å². The predicted octanol–water partition coefficient (Wildman–Crippen LogP) is 2.91. The fraction of sp³-hybridized carbons (Fsp3) is 0.636.